The topological polar surface area (TPSA) is 67.6 Å². The lowest BCUT2D eigenvalue weighted by Crippen LogP contribution is -2.03. The predicted octanol–water partition coefficient (Wildman–Crippen LogP) is 1.91. The molecule has 1 heterocycles. The first-order valence-electron chi connectivity index (χ1n) is 4.74. The highest BCUT2D eigenvalue weighted by Crippen LogP contribution is 2.21. The van der Waals surface area contributed by atoms with Crippen molar-refractivity contribution < 1.29 is 8.78 Å². The summed E-state index contributed by atoms with van der Waals surface area (Å²) >= 11 is 0. The molecule has 0 unspecified atom stereocenters. The summed E-state index contributed by atoms with van der Waals surface area (Å²) < 4.78 is 28.3. The van der Waals surface area contributed by atoms with Crippen LogP contribution in [0.15, 0.2) is 18.3 Å². The molecule has 0 saturated heterocycles. The van der Waals surface area contributed by atoms with E-state index in [4.69, 9.17) is 11.0 Å². The Morgan fingerprint density at radius 1 is 1.35 bits per heavy atom. The molecule has 0 fully saturated rings. The van der Waals surface area contributed by atoms with Crippen molar-refractivity contribution in [1.29, 1.82) is 5.26 Å². The van der Waals surface area contributed by atoms with Crippen LogP contribution in [-0.2, 0) is 0 Å². The van der Waals surface area contributed by atoms with Crippen LogP contribution in [0.4, 0.5) is 14.6 Å². The molecule has 0 aliphatic rings. The number of anilines is 1. The number of nitriles is 1. The normalized spacial score (nSPS) is 10.2. The Balaban J connectivity index is 2.64. The van der Waals surface area contributed by atoms with Gasteiger partial charge in [-0.25, -0.2) is 13.5 Å². The second kappa shape index (κ2) is 3.87. The van der Waals surface area contributed by atoms with Crippen LogP contribution >= 0.6 is 0 Å². The number of nitrogens with two attached hydrogens (primary N) is 1. The Morgan fingerprint density at radius 3 is 2.35 bits per heavy atom. The van der Waals surface area contributed by atoms with E-state index in [0.29, 0.717) is 5.56 Å². The lowest BCUT2D eigenvalue weighted by molar-refractivity contribution is 0.559. The van der Waals surface area contributed by atoms with Gasteiger partial charge in [-0.3, -0.25) is 0 Å². The molecule has 17 heavy (non-hydrogen) atoms. The first kappa shape index (κ1) is 11.1. The molecule has 0 saturated carbocycles. The van der Waals surface area contributed by atoms with Crippen LogP contribution < -0.4 is 5.73 Å². The molecular weight excluding hydrogens is 226 g/mol. The molecular formula is C11H8F2N4. The van der Waals surface area contributed by atoms with Gasteiger partial charge in [-0.1, -0.05) is 0 Å². The molecule has 0 aliphatic carbocycles. The van der Waals surface area contributed by atoms with Gasteiger partial charge < -0.3 is 5.73 Å². The van der Waals surface area contributed by atoms with Crippen LogP contribution in [0.2, 0.25) is 0 Å². The third-order valence-electron chi connectivity index (χ3n) is 2.31. The first-order chi connectivity index (χ1) is 8.02. The van der Waals surface area contributed by atoms with Crippen LogP contribution in [0, 0.1) is 29.9 Å². The van der Waals surface area contributed by atoms with Crippen molar-refractivity contribution in [2.75, 3.05) is 5.73 Å². The minimum atomic E-state index is -0.857. The monoisotopic (exact) mass is 234 g/mol. The molecule has 1 aromatic heterocycles. The zero-order chi connectivity index (χ0) is 12.6. The minimum absolute atomic E-state index is 0.0828. The second-order valence-electron chi connectivity index (χ2n) is 3.54. The van der Waals surface area contributed by atoms with Crippen molar-refractivity contribution >= 4 is 5.82 Å². The predicted molar refractivity (Wildman–Crippen MR) is 57.3 cm³/mol. The van der Waals surface area contributed by atoms with Gasteiger partial charge >= 0.3 is 0 Å². The average Bonchev–Trinajstić information content (AvgIpc) is 2.57. The number of nitrogen functional groups attached to an aromatic ring is 1. The molecule has 6 heteroatoms. The van der Waals surface area contributed by atoms with Crippen molar-refractivity contribution in [3.8, 4) is 11.8 Å². The number of aryl methyl sites for hydroxylation is 1. The second-order valence-corrected chi connectivity index (χ2v) is 3.54. The van der Waals surface area contributed by atoms with Gasteiger partial charge in [-0.15, -0.1) is 0 Å². The van der Waals surface area contributed by atoms with E-state index in [9.17, 15) is 8.78 Å². The van der Waals surface area contributed by atoms with Crippen molar-refractivity contribution in [2.45, 2.75) is 6.92 Å². The van der Waals surface area contributed by atoms with E-state index in [1.54, 1.807) is 13.0 Å². The largest absolute Gasteiger partial charge is 0.382 e. The van der Waals surface area contributed by atoms with E-state index in [0.717, 1.165) is 16.8 Å². The van der Waals surface area contributed by atoms with E-state index in [1.807, 2.05) is 0 Å². The van der Waals surface area contributed by atoms with Crippen LogP contribution in [0.25, 0.3) is 5.69 Å². The number of halogens is 2. The van der Waals surface area contributed by atoms with Gasteiger partial charge in [-0.05, 0) is 19.1 Å². The number of hydrogen-bond acceptors (Lipinski definition) is 3. The number of aromatic nitrogens is 2. The molecule has 0 amide bonds. The van der Waals surface area contributed by atoms with E-state index in [2.05, 4.69) is 5.10 Å². The van der Waals surface area contributed by atoms with Crippen molar-refractivity contribution in [3.05, 3.63) is 41.1 Å². The summed E-state index contributed by atoms with van der Waals surface area (Å²) in [6, 6.07) is 3.57. The summed E-state index contributed by atoms with van der Waals surface area (Å²) in [6.45, 7) is 1.68. The van der Waals surface area contributed by atoms with Gasteiger partial charge in [-0.2, -0.15) is 10.4 Å². The SMILES string of the molecule is Cc1cn(-c2c(F)cc(C#N)cc2F)nc1N. The molecule has 1 aromatic carbocycles. The maximum Gasteiger partial charge on any atom is 0.153 e. The van der Waals surface area contributed by atoms with Crippen LogP contribution in [0.5, 0.6) is 0 Å². The zero-order valence-corrected chi connectivity index (χ0v) is 8.91. The highest BCUT2D eigenvalue weighted by atomic mass is 19.1. The Labute approximate surface area is 95.9 Å². The lowest BCUT2D eigenvalue weighted by atomic mass is 10.2. The summed E-state index contributed by atoms with van der Waals surface area (Å²) in [5.41, 5.74) is 5.70. The summed E-state index contributed by atoms with van der Waals surface area (Å²) in [5, 5.41) is 12.4. The molecule has 2 aromatic rings. The van der Waals surface area contributed by atoms with Gasteiger partial charge in [0.15, 0.2) is 11.6 Å². The number of nitrogens with zero attached hydrogens (tertiary/aromatic N) is 3. The number of rotatable bonds is 1. The molecule has 2 N–H and O–H groups in total. The number of benzene rings is 1. The maximum atomic E-state index is 13.6. The summed E-state index contributed by atoms with van der Waals surface area (Å²) in [4.78, 5) is 0. The van der Waals surface area contributed by atoms with Gasteiger partial charge in [0.25, 0.3) is 0 Å². The fourth-order valence-electron chi connectivity index (χ4n) is 1.44. The van der Waals surface area contributed by atoms with Crippen LogP contribution in [-0.4, -0.2) is 9.78 Å². The number of hydrogen-bond donors (Lipinski definition) is 1. The molecule has 0 spiro atoms. The van der Waals surface area contributed by atoms with Crippen LogP contribution in [0.1, 0.15) is 11.1 Å². The van der Waals surface area contributed by atoms with Crippen LogP contribution in [0.3, 0.4) is 0 Å². The lowest BCUT2D eigenvalue weighted by Gasteiger charge is -2.04. The molecule has 0 atom stereocenters. The zero-order valence-electron chi connectivity index (χ0n) is 8.91. The van der Waals surface area contributed by atoms with Gasteiger partial charge in [0.1, 0.15) is 11.5 Å². The van der Waals surface area contributed by atoms with E-state index in [1.165, 1.54) is 6.20 Å². The van der Waals surface area contributed by atoms with Gasteiger partial charge in [0.05, 0.1) is 11.6 Å². The summed E-state index contributed by atoms with van der Waals surface area (Å²) in [7, 11) is 0. The van der Waals surface area contributed by atoms with E-state index < -0.39 is 11.6 Å². The van der Waals surface area contributed by atoms with E-state index >= 15 is 0 Å². The summed E-state index contributed by atoms with van der Waals surface area (Å²) in [6.07, 6.45) is 1.42. The van der Waals surface area contributed by atoms with Crippen molar-refractivity contribution in [1.82, 2.24) is 9.78 Å². The average molecular weight is 234 g/mol. The van der Waals surface area contributed by atoms with Gasteiger partial charge in [0, 0.05) is 11.8 Å². The smallest absolute Gasteiger partial charge is 0.153 e. The Morgan fingerprint density at radius 2 is 1.94 bits per heavy atom. The minimum Gasteiger partial charge on any atom is -0.382 e. The Hall–Kier alpha value is -2.42. The Bertz CT molecular complexity index is 582. The summed E-state index contributed by atoms with van der Waals surface area (Å²) in [5.74, 6) is -1.51. The molecule has 0 radical (unpaired) electrons. The molecule has 4 nitrogen and oxygen atoms in total. The van der Waals surface area contributed by atoms with E-state index in [-0.39, 0.29) is 17.1 Å². The Kier molecular flexibility index (Phi) is 2.52. The maximum absolute atomic E-state index is 13.6. The van der Waals surface area contributed by atoms with Crippen molar-refractivity contribution in [3.63, 3.8) is 0 Å². The standard InChI is InChI=1S/C11H8F2N4/c1-6-5-17(16-11(6)15)10-8(12)2-7(4-14)3-9(10)13/h2-3,5H,1H3,(H2,15,16). The quantitative estimate of drug-likeness (QED) is 0.819. The third kappa shape index (κ3) is 1.83. The van der Waals surface area contributed by atoms with Gasteiger partial charge in [0.2, 0.25) is 0 Å². The fraction of sp³-hybridized carbons (Fsp3) is 0.0909. The molecule has 86 valence electrons. The highest BCUT2D eigenvalue weighted by molar-refractivity contribution is 5.45. The third-order valence-corrected chi connectivity index (χ3v) is 2.31. The first-order valence-corrected chi connectivity index (χ1v) is 4.74. The molecule has 0 bridgehead atoms. The van der Waals surface area contributed by atoms with Crippen molar-refractivity contribution in [2.24, 2.45) is 0 Å². The molecule has 2 rings (SSSR count). The molecule has 0 aliphatic heterocycles. The fourth-order valence-corrected chi connectivity index (χ4v) is 1.44. The highest BCUT2D eigenvalue weighted by Gasteiger charge is 2.15.